The van der Waals surface area contributed by atoms with E-state index >= 15 is 0 Å². The van der Waals surface area contributed by atoms with Crippen LogP contribution in [-0.2, 0) is 14.3 Å². The highest BCUT2D eigenvalue weighted by Crippen LogP contribution is 2.34. The highest BCUT2D eigenvalue weighted by molar-refractivity contribution is 5.96. The minimum absolute atomic E-state index is 0.0703. The molecule has 0 spiro atoms. The fourth-order valence-corrected chi connectivity index (χ4v) is 8.20. The van der Waals surface area contributed by atoms with Gasteiger partial charge in [0.05, 0.1) is 54.4 Å². The third-order valence-electron chi connectivity index (χ3n) is 11.9. The van der Waals surface area contributed by atoms with E-state index < -0.39 is 12.1 Å². The van der Waals surface area contributed by atoms with Crippen LogP contribution >= 0.6 is 0 Å². The van der Waals surface area contributed by atoms with Gasteiger partial charge >= 0.3 is 6.09 Å². The van der Waals surface area contributed by atoms with Crippen molar-refractivity contribution < 1.29 is 23.5 Å². The van der Waals surface area contributed by atoms with Crippen molar-refractivity contribution in [2.45, 2.75) is 103 Å². The number of piperidine rings is 1. The van der Waals surface area contributed by atoms with E-state index in [1.165, 1.54) is 7.11 Å². The topological polar surface area (TPSA) is 162 Å². The van der Waals surface area contributed by atoms with Gasteiger partial charge in [-0.3, -0.25) is 19.4 Å². The van der Waals surface area contributed by atoms with Crippen LogP contribution in [0.1, 0.15) is 103 Å². The number of rotatable bonds is 11. The maximum Gasteiger partial charge on any atom is 0.407 e. The lowest BCUT2D eigenvalue weighted by molar-refractivity contribution is -0.137. The van der Waals surface area contributed by atoms with E-state index in [1.54, 1.807) is 12.3 Å². The molecular weight excluding hydrogens is 699 g/mol. The molecule has 3 amide bonds. The van der Waals surface area contributed by atoms with Crippen LogP contribution in [0.4, 0.5) is 4.79 Å². The summed E-state index contributed by atoms with van der Waals surface area (Å²) in [5, 5.41) is 7.29. The summed E-state index contributed by atoms with van der Waals surface area (Å²) in [6.45, 7) is 9.96. The molecule has 13 nitrogen and oxygen atoms in total. The number of nitrogens with one attached hydrogen (secondary N) is 3. The number of methoxy groups -OCH3 is 1. The fourth-order valence-electron chi connectivity index (χ4n) is 8.20. The Hall–Kier alpha value is -5.20. The lowest BCUT2D eigenvalue weighted by atomic mass is 9.94. The molecule has 6 atom stereocenters. The number of amidine groups is 1. The van der Waals surface area contributed by atoms with Gasteiger partial charge in [-0.15, -0.1) is 0 Å². The summed E-state index contributed by atoms with van der Waals surface area (Å²) < 4.78 is 11.2. The number of carbonyl (C=O) groups excluding carboxylic acids is 3. The number of benzene rings is 2. The third kappa shape index (κ3) is 7.70. The molecule has 7 rings (SSSR count). The molecule has 292 valence electrons. The number of likely N-dealkylation sites (tertiary alicyclic amines) is 2. The van der Waals surface area contributed by atoms with E-state index in [0.29, 0.717) is 47.4 Å². The summed E-state index contributed by atoms with van der Waals surface area (Å²) in [5.41, 5.74) is 3.40. The SMILES string of the molecule is CC[C@H](C)CC(=O)N1CCC[C@H]1c1ncc(-c2ccc3c(=O)c4cc(C5CN=C([C@@H]6CCCCN6C(=O)[C@@H](NC(=O)OC)[C@@H](C)CC)N5)ccc4oc3c2)[nH]1. The summed E-state index contributed by atoms with van der Waals surface area (Å²) in [5.74, 6) is 1.85. The van der Waals surface area contributed by atoms with E-state index in [1.807, 2.05) is 54.0 Å². The monoisotopic (exact) mass is 751 g/mol. The Bertz CT molecular complexity index is 2160. The van der Waals surface area contributed by atoms with Crippen molar-refractivity contribution in [2.75, 3.05) is 26.7 Å². The summed E-state index contributed by atoms with van der Waals surface area (Å²) in [4.78, 5) is 69.8. The molecular formula is C42H53N7O6. The van der Waals surface area contributed by atoms with Crippen LogP contribution in [0.5, 0.6) is 0 Å². The Morgan fingerprint density at radius 2 is 1.76 bits per heavy atom. The number of H-pyrrole nitrogens is 1. The average molecular weight is 752 g/mol. The first-order valence-electron chi connectivity index (χ1n) is 19.9. The summed E-state index contributed by atoms with van der Waals surface area (Å²) >= 11 is 0. The summed E-state index contributed by atoms with van der Waals surface area (Å²) in [6.07, 6.45) is 7.83. The van der Waals surface area contributed by atoms with Crippen LogP contribution in [0.15, 0.2) is 56.8 Å². The van der Waals surface area contributed by atoms with E-state index in [4.69, 9.17) is 14.1 Å². The zero-order valence-corrected chi connectivity index (χ0v) is 32.5. The second-order valence-corrected chi connectivity index (χ2v) is 15.5. The molecule has 0 aliphatic carbocycles. The zero-order chi connectivity index (χ0) is 38.8. The minimum Gasteiger partial charge on any atom is -0.456 e. The number of ether oxygens (including phenoxy) is 1. The molecule has 4 aromatic rings. The molecule has 0 bridgehead atoms. The van der Waals surface area contributed by atoms with E-state index in [9.17, 15) is 19.2 Å². The molecule has 2 fully saturated rings. The number of aromatic amines is 1. The molecule has 5 heterocycles. The first-order valence-corrected chi connectivity index (χ1v) is 19.9. The number of hydrogen-bond acceptors (Lipinski definition) is 9. The Morgan fingerprint density at radius 1 is 0.964 bits per heavy atom. The number of amides is 3. The van der Waals surface area contributed by atoms with Gasteiger partial charge in [0, 0.05) is 25.1 Å². The molecule has 0 radical (unpaired) electrons. The summed E-state index contributed by atoms with van der Waals surface area (Å²) in [7, 11) is 1.30. The van der Waals surface area contributed by atoms with Gasteiger partial charge in [-0.1, -0.05) is 52.7 Å². The highest BCUT2D eigenvalue weighted by atomic mass is 16.5. The number of carbonyl (C=O) groups is 3. The molecule has 13 heteroatoms. The predicted octanol–water partition coefficient (Wildman–Crippen LogP) is 6.63. The molecule has 2 aromatic heterocycles. The van der Waals surface area contributed by atoms with Gasteiger partial charge in [0.15, 0.2) is 0 Å². The lowest BCUT2D eigenvalue weighted by Gasteiger charge is -2.39. The van der Waals surface area contributed by atoms with Crippen LogP contribution in [-0.4, -0.2) is 82.3 Å². The minimum atomic E-state index is -0.697. The Labute approximate surface area is 321 Å². The number of alkyl carbamates (subject to hydrolysis) is 1. The Balaban J connectivity index is 1.08. The lowest BCUT2D eigenvalue weighted by Crippen LogP contribution is -2.58. The van der Waals surface area contributed by atoms with Crippen molar-refractivity contribution in [1.82, 2.24) is 30.4 Å². The van der Waals surface area contributed by atoms with Crippen molar-refractivity contribution in [3.8, 4) is 11.3 Å². The molecule has 1 unspecified atom stereocenters. The quantitative estimate of drug-likeness (QED) is 0.144. The number of hydrogen-bond donors (Lipinski definition) is 3. The van der Waals surface area contributed by atoms with Crippen LogP contribution in [0.3, 0.4) is 0 Å². The van der Waals surface area contributed by atoms with Crippen molar-refractivity contribution in [3.05, 3.63) is 64.2 Å². The standard InChI is InChI=1S/C42H53N7O6/c1-6-24(3)19-36(50)48-18-10-12-32(48)39-43-23-31(46-39)27-13-15-28-35(21-27)55-34-16-14-26(20-29(34)38(28)51)30-22-44-40(45-30)33-11-8-9-17-49(33)41(52)37(25(4)7-2)47-42(53)54-5/h13-16,20-21,23-25,30,32-33,37H,6-12,17-19,22H2,1-5H3,(H,43,46)(H,44,45)(H,47,53)/t24-,25-,30?,32-,33-,37-/m0/s1. The molecule has 3 aliphatic rings. The molecule has 0 saturated carbocycles. The fraction of sp³-hybridized carbons (Fsp3) is 0.524. The van der Waals surface area contributed by atoms with Crippen LogP contribution in [0.25, 0.3) is 33.2 Å². The van der Waals surface area contributed by atoms with Gasteiger partial charge in [-0.25, -0.2) is 9.78 Å². The van der Waals surface area contributed by atoms with Gasteiger partial charge in [-0.05, 0) is 73.8 Å². The Morgan fingerprint density at radius 3 is 2.55 bits per heavy atom. The van der Waals surface area contributed by atoms with E-state index in [0.717, 1.165) is 80.0 Å². The molecule has 3 N–H and O–H groups in total. The first-order chi connectivity index (χ1) is 26.6. The molecule has 2 saturated heterocycles. The number of nitrogens with zero attached hydrogens (tertiary/aromatic N) is 4. The van der Waals surface area contributed by atoms with E-state index in [2.05, 4.69) is 34.4 Å². The third-order valence-corrected chi connectivity index (χ3v) is 11.9. The van der Waals surface area contributed by atoms with Gasteiger partial charge in [0.25, 0.3) is 0 Å². The summed E-state index contributed by atoms with van der Waals surface area (Å²) in [6, 6.07) is 10.1. The van der Waals surface area contributed by atoms with Crippen molar-refractivity contribution in [3.63, 3.8) is 0 Å². The number of imidazole rings is 1. The van der Waals surface area contributed by atoms with Crippen LogP contribution in [0.2, 0.25) is 0 Å². The number of aliphatic imine (C=N–C) groups is 1. The second kappa shape index (κ2) is 16.3. The maximum absolute atomic E-state index is 13.9. The first kappa shape index (κ1) is 38.1. The zero-order valence-electron chi connectivity index (χ0n) is 32.5. The van der Waals surface area contributed by atoms with Crippen LogP contribution < -0.4 is 16.1 Å². The smallest absolute Gasteiger partial charge is 0.407 e. The Kier molecular flexibility index (Phi) is 11.3. The largest absolute Gasteiger partial charge is 0.456 e. The normalized spacial score (nSPS) is 21.6. The van der Waals surface area contributed by atoms with Crippen molar-refractivity contribution >= 4 is 45.7 Å². The average Bonchev–Trinajstić information content (AvgIpc) is 4.01. The second-order valence-electron chi connectivity index (χ2n) is 15.5. The van der Waals surface area contributed by atoms with Crippen molar-refractivity contribution in [2.24, 2.45) is 16.8 Å². The predicted molar refractivity (Wildman–Crippen MR) is 212 cm³/mol. The molecule has 3 aliphatic heterocycles. The highest BCUT2D eigenvalue weighted by Gasteiger charge is 2.39. The van der Waals surface area contributed by atoms with Gasteiger partial charge in [0.2, 0.25) is 17.2 Å². The van der Waals surface area contributed by atoms with Crippen LogP contribution in [0, 0.1) is 11.8 Å². The maximum atomic E-state index is 13.9. The van der Waals surface area contributed by atoms with Gasteiger partial charge in [0.1, 0.15) is 28.9 Å². The number of fused-ring (bicyclic) bond motifs is 2. The number of aromatic nitrogens is 2. The molecule has 55 heavy (non-hydrogen) atoms. The van der Waals surface area contributed by atoms with Crippen molar-refractivity contribution in [1.29, 1.82) is 0 Å². The van der Waals surface area contributed by atoms with Gasteiger partial charge < -0.3 is 34.6 Å². The molecule has 2 aromatic carbocycles. The van der Waals surface area contributed by atoms with E-state index in [-0.39, 0.29) is 41.3 Å². The van der Waals surface area contributed by atoms with Gasteiger partial charge in [-0.2, -0.15) is 0 Å².